The zero-order valence-corrected chi connectivity index (χ0v) is 11.7. The second kappa shape index (κ2) is 6.59. The van der Waals surface area contributed by atoms with E-state index in [1.54, 1.807) is 17.0 Å². The summed E-state index contributed by atoms with van der Waals surface area (Å²) < 4.78 is 0. The van der Waals surface area contributed by atoms with Crippen molar-refractivity contribution in [3.8, 4) is 0 Å². The monoisotopic (exact) mass is 300 g/mol. The summed E-state index contributed by atoms with van der Waals surface area (Å²) in [5, 5.41) is 0.856. The number of carbonyl (C=O) groups is 1. The number of carbonyl (C=O) groups excluding carboxylic acids is 1. The molecule has 1 amide bonds. The highest BCUT2D eigenvalue weighted by atomic mass is 79.9. The van der Waals surface area contributed by atoms with Crippen molar-refractivity contribution in [2.75, 3.05) is 11.9 Å². The molecule has 1 rings (SSSR count). The second-order valence-electron chi connectivity index (χ2n) is 4.06. The van der Waals surface area contributed by atoms with Gasteiger partial charge in [-0.1, -0.05) is 22.0 Å². The third-order valence-corrected chi connectivity index (χ3v) is 2.98. The van der Waals surface area contributed by atoms with Gasteiger partial charge in [0.05, 0.1) is 0 Å². The fourth-order valence-electron chi connectivity index (χ4n) is 1.55. The molecule has 1 heterocycles. The minimum absolute atomic E-state index is 0.116. The van der Waals surface area contributed by atoms with Gasteiger partial charge in [-0.15, -0.1) is 0 Å². The van der Waals surface area contributed by atoms with Gasteiger partial charge in [0, 0.05) is 24.0 Å². The number of pyridine rings is 1. The number of aromatic nitrogens is 1. The zero-order valence-electron chi connectivity index (χ0n) is 10.1. The van der Waals surface area contributed by atoms with Crippen LogP contribution in [-0.2, 0) is 0 Å². The van der Waals surface area contributed by atoms with Crippen molar-refractivity contribution in [3.63, 3.8) is 0 Å². The van der Waals surface area contributed by atoms with E-state index in [2.05, 4.69) is 20.9 Å². The highest BCUT2D eigenvalue weighted by molar-refractivity contribution is 9.09. The summed E-state index contributed by atoms with van der Waals surface area (Å²) in [5.41, 5.74) is 0.0980. The lowest BCUT2D eigenvalue weighted by Gasteiger charge is -2.26. The first-order valence-electron chi connectivity index (χ1n) is 5.62. The number of nitrogens with one attached hydrogen (secondary N) is 1. The third kappa shape index (κ3) is 4.00. The van der Waals surface area contributed by atoms with Crippen molar-refractivity contribution in [3.05, 3.63) is 34.2 Å². The van der Waals surface area contributed by atoms with Crippen molar-refractivity contribution in [1.29, 1.82) is 0 Å². The van der Waals surface area contributed by atoms with Gasteiger partial charge in [0.15, 0.2) is 0 Å². The average Bonchev–Trinajstić information content (AvgIpc) is 2.29. The molecule has 0 aromatic carbocycles. The van der Waals surface area contributed by atoms with Gasteiger partial charge in [0.1, 0.15) is 5.69 Å². The van der Waals surface area contributed by atoms with Gasteiger partial charge in [0.25, 0.3) is 5.91 Å². The Bertz CT molecular complexity index is 429. The number of hydrogen-bond donors (Lipinski definition) is 1. The molecular weight excluding hydrogens is 284 g/mol. The Balaban J connectivity index is 2.87. The van der Waals surface area contributed by atoms with E-state index in [1.807, 2.05) is 13.8 Å². The number of amides is 1. The molecule has 4 nitrogen and oxygen atoms in total. The maximum absolute atomic E-state index is 12.2. The van der Waals surface area contributed by atoms with Gasteiger partial charge in [-0.3, -0.25) is 9.59 Å². The quantitative estimate of drug-likeness (QED) is 0.846. The zero-order chi connectivity index (χ0) is 12.8. The van der Waals surface area contributed by atoms with Crippen molar-refractivity contribution in [2.45, 2.75) is 26.3 Å². The Hall–Kier alpha value is -1.10. The van der Waals surface area contributed by atoms with E-state index in [0.29, 0.717) is 12.2 Å². The average molecular weight is 301 g/mol. The molecule has 1 N–H and O–H groups in total. The van der Waals surface area contributed by atoms with Gasteiger partial charge < -0.3 is 9.88 Å². The molecule has 17 heavy (non-hydrogen) atoms. The van der Waals surface area contributed by atoms with Crippen molar-refractivity contribution < 1.29 is 4.79 Å². The van der Waals surface area contributed by atoms with Crippen molar-refractivity contribution in [2.24, 2.45) is 0 Å². The number of alkyl halides is 1. The number of rotatable bonds is 5. The molecule has 0 saturated carbocycles. The summed E-state index contributed by atoms with van der Waals surface area (Å²) in [4.78, 5) is 27.7. The minimum atomic E-state index is -0.250. The lowest BCUT2D eigenvalue weighted by molar-refractivity contribution is 0.0700. The predicted octanol–water partition coefficient (Wildman–Crippen LogP) is 2.01. The Morgan fingerprint density at radius 3 is 2.71 bits per heavy atom. The summed E-state index contributed by atoms with van der Waals surface area (Å²) in [6.45, 7) is 4.61. The van der Waals surface area contributed by atoms with Crippen molar-refractivity contribution >= 4 is 21.8 Å². The minimum Gasteiger partial charge on any atom is -0.335 e. The maximum Gasteiger partial charge on any atom is 0.270 e. The molecule has 0 unspecified atom stereocenters. The van der Waals surface area contributed by atoms with Gasteiger partial charge >= 0.3 is 0 Å². The number of halogens is 1. The van der Waals surface area contributed by atoms with Gasteiger partial charge in [-0.05, 0) is 26.3 Å². The first-order chi connectivity index (χ1) is 8.06. The summed E-state index contributed by atoms with van der Waals surface area (Å²) in [6.07, 6.45) is 0.890. The van der Waals surface area contributed by atoms with E-state index in [9.17, 15) is 9.59 Å². The van der Waals surface area contributed by atoms with Crippen LogP contribution in [0.15, 0.2) is 23.0 Å². The third-order valence-electron chi connectivity index (χ3n) is 2.42. The van der Waals surface area contributed by atoms with Gasteiger partial charge in [-0.2, -0.15) is 0 Å². The Morgan fingerprint density at radius 1 is 1.47 bits per heavy atom. The fourth-order valence-corrected chi connectivity index (χ4v) is 1.80. The molecule has 0 aliphatic rings. The maximum atomic E-state index is 12.2. The number of aromatic amines is 1. The molecule has 0 fully saturated rings. The molecule has 1 aromatic heterocycles. The number of H-pyrrole nitrogens is 1. The van der Waals surface area contributed by atoms with E-state index >= 15 is 0 Å². The SMILES string of the molecule is CC(C)N(CCCBr)C(=O)c1cccc(=O)[nH]1. The van der Waals surface area contributed by atoms with Crippen LogP contribution < -0.4 is 5.56 Å². The van der Waals surface area contributed by atoms with Crippen LogP contribution in [0.3, 0.4) is 0 Å². The molecule has 1 aromatic rings. The molecule has 0 aliphatic heterocycles. The summed E-state index contributed by atoms with van der Waals surface area (Å²) in [7, 11) is 0. The van der Waals surface area contributed by atoms with Crippen LogP contribution >= 0.6 is 15.9 Å². The smallest absolute Gasteiger partial charge is 0.270 e. The second-order valence-corrected chi connectivity index (χ2v) is 4.86. The fraction of sp³-hybridized carbons (Fsp3) is 0.500. The standard InChI is InChI=1S/C12H17BrN2O2/c1-9(2)15(8-4-7-13)12(17)10-5-3-6-11(16)14-10/h3,5-6,9H,4,7-8H2,1-2H3,(H,14,16). The van der Waals surface area contributed by atoms with Gasteiger partial charge in [0.2, 0.25) is 5.56 Å². The molecule has 0 atom stereocenters. The first kappa shape index (κ1) is 14.0. The van der Waals surface area contributed by atoms with Gasteiger partial charge in [-0.25, -0.2) is 0 Å². The first-order valence-corrected chi connectivity index (χ1v) is 6.74. The molecule has 0 saturated heterocycles. The number of nitrogens with zero attached hydrogens (tertiary/aromatic N) is 1. The van der Waals surface area contributed by atoms with E-state index in [1.165, 1.54) is 6.07 Å². The normalized spacial score (nSPS) is 10.6. The largest absolute Gasteiger partial charge is 0.335 e. The molecule has 0 spiro atoms. The van der Waals surface area contributed by atoms with Crippen LogP contribution in [0.5, 0.6) is 0 Å². The van der Waals surface area contributed by atoms with Crippen LogP contribution in [0.4, 0.5) is 0 Å². The van der Waals surface area contributed by atoms with E-state index < -0.39 is 0 Å². The molecule has 0 radical (unpaired) electrons. The van der Waals surface area contributed by atoms with Crippen LogP contribution in [0.1, 0.15) is 30.8 Å². The highest BCUT2D eigenvalue weighted by Crippen LogP contribution is 2.07. The van der Waals surface area contributed by atoms with E-state index in [-0.39, 0.29) is 17.5 Å². The Labute approximate surface area is 109 Å². The topological polar surface area (TPSA) is 53.2 Å². The van der Waals surface area contributed by atoms with Crippen molar-refractivity contribution in [1.82, 2.24) is 9.88 Å². The van der Waals surface area contributed by atoms with Crippen LogP contribution in [0, 0.1) is 0 Å². The van der Waals surface area contributed by atoms with E-state index in [4.69, 9.17) is 0 Å². The Morgan fingerprint density at radius 2 is 2.18 bits per heavy atom. The summed E-state index contributed by atoms with van der Waals surface area (Å²) in [6, 6.07) is 4.74. The predicted molar refractivity (Wildman–Crippen MR) is 71.6 cm³/mol. The van der Waals surface area contributed by atoms with Crippen LogP contribution in [-0.4, -0.2) is 33.7 Å². The lowest BCUT2D eigenvalue weighted by atomic mass is 10.2. The lowest BCUT2D eigenvalue weighted by Crippen LogP contribution is -2.38. The van der Waals surface area contributed by atoms with Crippen LogP contribution in [0.25, 0.3) is 0 Å². The Kier molecular flexibility index (Phi) is 5.41. The molecular formula is C12H17BrN2O2. The number of hydrogen-bond acceptors (Lipinski definition) is 2. The molecule has 5 heteroatoms. The molecule has 0 bridgehead atoms. The van der Waals surface area contributed by atoms with E-state index in [0.717, 1.165) is 11.8 Å². The highest BCUT2D eigenvalue weighted by Gasteiger charge is 2.18. The summed E-state index contributed by atoms with van der Waals surface area (Å²) >= 11 is 3.35. The molecule has 94 valence electrons. The molecule has 0 aliphatic carbocycles. The summed E-state index contributed by atoms with van der Waals surface area (Å²) in [5.74, 6) is -0.126. The van der Waals surface area contributed by atoms with Crippen LogP contribution in [0.2, 0.25) is 0 Å².